The molecule has 0 heterocycles. The third-order valence-electron chi connectivity index (χ3n) is 6.10. The largest absolute Gasteiger partial charge is 0.316 e. The Labute approximate surface area is 240 Å². The fourth-order valence-corrected chi connectivity index (χ4v) is 3.98. The number of nitrogens with one attached hydrogen (secondary N) is 2. The first-order valence-corrected chi connectivity index (χ1v) is 12.1. The first kappa shape index (κ1) is 29.4. The first-order chi connectivity index (χ1) is 20.4. The third kappa shape index (κ3) is 6.95. The van der Waals surface area contributed by atoms with E-state index in [4.69, 9.17) is 0 Å². The van der Waals surface area contributed by atoms with Crippen LogP contribution in [-0.4, -0.2) is 31.5 Å². The van der Waals surface area contributed by atoms with Gasteiger partial charge in [-0.3, -0.25) is 50.0 Å². The molecule has 0 aliphatic heterocycles. The maximum Gasteiger partial charge on any atom is 0.293 e. The molecular weight excluding hydrogens is 568 g/mol. The maximum absolute atomic E-state index is 12.6. The van der Waals surface area contributed by atoms with Crippen LogP contribution in [0.3, 0.4) is 0 Å². The van der Waals surface area contributed by atoms with Gasteiger partial charge in [-0.15, -0.1) is 0 Å². The molecule has 4 rings (SSSR count). The van der Waals surface area contributed by atoms with E-state index in [0.717, 1.165) is 24.3 Å². The lowest BCUT2D eigenvalue weighted by Crippen LogP contribution is -2.13. The molecule has 0 atom stereocenters. The van der Waals surface area contributed by atoms with Crippen molar-refractivity contribution in [3.63, 3.8) is 0 Å². The van der Waals surface area contributed by atoms with Crippen molar-refractivity contribution in [3.05, 3.63) is 148 Å². The second-order valence-corrected chi connectivity index (χ2v) is 8.91. The Morgan fingerprint density at radius 3 is 1.16 bits per heavy atom. The summed E-state index contributed by atoms with van der Waals surface area (Å²) < 4.78 is 0. The van der Waals surface area contributed by atoms with E-state index in [1.165, 1.54) is 60.7 Å². The Hall–Kier alpha value is -6.58. The van der Waals surface area contributed by atoms with Crippen LogP contribution >= 0.6 is 0 Å². The summed E-state index contributed by atoms with van der Waals surface area (Å²) in [5.41, 5.74) is -0.773. The summed E-state index contributed by atoms with van der Waals surface area (Å²) in [5, 5.41) is 49.9. The molecule has 0 aliphatic rings. The van der Waals surface area contributed by atoms with Crippen LogP contribution in [0.4, 0.5) is 34.1 Å². The minimum atomic E-state index is -0.729. The Balaban J connectivity index is 1.52. The summed E-state index contributed by atoms with van der Waals surface area (Å²) in [7, 11) is 0. The van der Waals surface area contributed by atoms with Crippen molar-refractivity contribution >= 4 is 45.9 Å². The zero-order valence-electron chi connectivity index (χ0n) is 21.7. The van der Waals surface area contributed by atoms with Gasteiger partial charge in [-0.2, -0.15) is 0 Å². The van der Waals surface area contributed by atoms with Crippen LogP contribution in [0, 0.1) is 40.5 Å². The van der Waals surface area contributed by atoms with Crippen LogP contribution < -0.4 is 10.6 Å². The summed E-state index contributed by atoms with van der Waals surface area (Å²) in [6, 6.07) is 17.3. The zero-order valence-corrected chi connectivity index (χ0v) is 21.7. The Bertz CT molecular complexity index is 1660. The molecular formula is C27H18N6O10. The number of carbonyl (C=O) groups is 2. The molecule has 0 saturated heterocycles. The van der Waals surface area contributed by atoms with E-state index >= 15 is 0 Å². The van der Waals surface area contributed by atoms with Crippen LogP contribution in [-0.2, 0) is 6.42 Å². The highest BCUT2D eigenvalue weighted by atomic mass is 16.6. The molecule has 0 spiro atoms. The molecule has 2 N–H and O–H groups in total. The van der Waals surface area contributed by atoms with Gasteiger partial charge in [0.1, 0.15) is 11.4 Å². The smallest absolute Gasteiger partial charge is 0.293 e. The van der Waals surface area contributed by atoms with Crippen molar-refractivity contribution in [1.29, 1.82) is 0 Å². The molecule has 16 heteroatoms. The van der Waals surface area contributed by atoms with Gasteiger partial charge in [0.25, 0.3) is 34.6 Å². The van der Waals surface area contributed by atoms with Gasteiger partial charge in [-0.25, -0.2) is 0 Å². The van der Waals surface area contributed by atoms with E-state index in [9.17, 15) is 50.0 Å². The fourth-order valence-electron chi connectivity index (χ4n) is 3.98. The van der Waals surface area contributed by atoms with Gasteiger partial charge in [0.15, 0.2) is 0 Å². The van der Waals surface area contributed by atoms with Crippen LogP contribution in [0.1, 0.15) is 31.8 Å². The zero-order chi connectivity index (χ0) is 31.3. The lowest BCUT2D eigenvalue weighted by atomic mass is 10.0. The van der Waals surface area contributed by atoms with E-state index in [2.05, 4.69) is 10.6 Å². The molecule has 0 radical (unpaired) electrons. The summed E-state index contributed by atoms with van der Waals surface area (Å²) in [6.07, 6.45) is 0.0227. The molecule has 16 nitrogen and oxygen atoms in total. The van der Waals surface area contributed by atoms with E-state index in [0.29, 0.717) is 11.1 Å². The number of nitrogens with zero attached hydrogens (tertiary/aromatic N) is 4. The fraction of sp³-hybridized carbons (Fsp3) is 0.0370. The average molecular weight is 586 g/mol. The molecule has 0 saturated carbocycles. The predicted molar refractivity (Wildman–Crippen MR) is 151 cm³/mol. The number of non-ortho nitro benzene ring substituents is 2. The van der Waals surface area contributed by atoms with Crippen LogP contribution in [0.15, 0.2) is 84.9 Å². The maximum atomic E-state index is 12.6. The van der Waals surface area contributed by atoms with Gasteiger partial charge < -0.3 is 10.6 Å². The Morgan fingerprint density at radius 1 is 0.512 bits per heavy atom. The Kier molecular flexibility index (Phi) is 8.41. The number of hydrogen-bond donors (Lipinski definition) is 2. The first-order valence-electron chi connectivity index (χ1n) is 12.1. The number of rotatable bonds is 10. The second kappa shape index (κ2) is 12.3. The number of nitro benzene ring substituents is 4. The normalized spacial score (nSPS) is 10.4. The molecule has 4 aromatic carbocycles. The highest BCUT2D eigenvalue weighted by molar-refractivity contribution is 6.06. The molecule has 0 fully saturated rings. The third-order valence-corrected chi connectivity index (χ3v) is 6.10. The topological polar surface area (TPSA) is 231 Å². The lowest BCUT2D eigenvalue weighted by Gasteiger charge is -2.10. The molecule has 216 valence electrons. The number of benzene rings is 4. The van der Waals surface area contributed by atoms with E-state index in [-0.39, 0.29) is 40.3 Å². The monoisotopic (exact) mass is 586 g/mol. The van der Waals surface area contributed by atoms with E-state index < -0.39 is 42.9 Å². The second-order valence-electron chi connectivity index (χ2n) is 8.91. The van der Waals surface area contributed by atoms with E-state index in [1.807, 2.05) is 0 Å². The number of anilines is 2. The molecule has 4 aromatic rings. The number of carbonyl (C=O) groups excluding carboxylic acids is 2. The van der Waals surface area contributed by atoms with Crippen molar-refractivity contribution < 1.29 is 29.3 Å². The SMILES string of the molecule is O=C(Nc1ccc(Cc2ccc(NC(=O)c3ccc([N+](=O)[O-])cc3)c([N+](=O)[O-])c2)cc1[N+](=O)[O-])c1ccc([N+](=O)[O-])cc1. The predicted octanol–water partition coefficient (Wildman–Crippen LogP) is 5.41. The van der Waals surface area contributed by atoms with Gasteiger partial charge in [-0.05, 0) is 53.9 Å². The average Bonchev–Trinajstić information content (AvgIpc) is 2.98. The van der Waals surface area contributed by atoms with Gasteiger partial charge >= 0.3 is 0 Å². The number of nitro groups is 4. The van der Waals surface area contributed by atoms with Crippen LogP contribution in [0.2, 0.25) is 0 Å². The summed E-state index contributed by atoms with van der Waals surface area (Å²) >= 11 is 0. The summed E-state index contributed by atoms with van der Waals surface area (Å²) in [4.78, 5) is 67.5. The van der Waals surface area contributed by atoms with Crippen molar-refractivity contribution in [3.8, 4) is 0 Å². The Morgan fingerprint density at radius 2 is 0.860 bits per heavy atom. The number of amides is 2. The van der Waals surface area contributed by atoms with E-state index in [1.54, 1.807) is 0 Å². The lowest BCUT2D eigenvalue weighted by molar-refractivity contribution is -0.385. The molecule has 0 aromatic heterocycles. The van der Waals surface area contributed by atoms with Crippen molar-refractivity contribution in [1.82, 2.24) is 0 Å². The number of hydrogen-bond acceptors (Lipinski definition) is 10. The summed E-state index contributed by atoms with van der Waals surface area (Å²) in [6.45, 7) is 0. The van der Waals surface area contributed by atoms with Gasteiger partial charge in [0, 0.05) is 47.5 Å². The molecule has 2 amide bonds. The minimum absolute atomic E-state index is 0.0227. The quantitative estimate of drug-likeness (QED) is 0.177. The van der Waals surface area contributed by atoms with Crippen molar-refractivity contribution in [2.45, 2.75) is 6.42 Å². The van der Waals surface area contributed by atoms with Crippen molar-refractivity contribution in [2.24, 2.45) is 0 Å². The van der Waals surface area contributed by atoms with Crippen molar-refractivity contribution in [2.75, 3.05) is 10.6 Å². The van der Waals surface area contributed by atoms with Gasteiger partial charge in [-0.1, -0.05) is 12.1 Å². The van der Waals surface area contributed by atoms with Crippen LogP contribution in [0.5, 0.6) is 0 Å². The van der Waals surface area contributed by atoms with Gasteiger partial charge in [0.05, 0.1) is 19.7 Å². The van der Waals surface area contributed by atoms with Crippen LogP contribution in [0.25, 0.3) is 0 Å². The summed E-state index contributed by atoms with van der Waals surface area (Å²) in [5.74, 6) is -1.46. The highest BCUT2D eigenvalue weighted by Gasteiger charge is 2.21. The van der Waals surface area contributed by atoms with Gasteiger partial charge in [0.2, 0.25) is 0 Å². The molecule has 0 unspecified atom stereocenters. The standard InChI is InChI=1S/C27H18N6O10/c34-26(18-3-7-20(8-4-18)30(36)37)28-22-11-1-16(14-24(22)32(40)41)13-17-2-12-23(25(15-17)33(42)43)29-27(35)19-5-9-21(10-6-19)31(38)39/h1-12,14-15H,13H2,(H,28,34)(H,29,35). The molecule has 43 heavy (non-hydrogen) atoms. The molecule has 0 aliphatic carbocycles. The highest BCUT2D eigenvalue weighted by Crippen LogP contribution is 2.30. The molecule has 0 bridgehead atoms. The minimum Gasteiger partial charge on any atom is -0.316 e.